The number of aryl methyl sites for hydroxylation is 2. The highest BCUT2D eigenvalue weighted by Crippen LogP contribution is 2.29. The SMILES string of the molecule is COc1cccc(-c2ccc(CCCNC(=O)c3cnc4cc(C)nn4c3)cc2)c1F. The number of nitrogens with one attached hydrogen (secondary N) is 1. The van der Waals surface area contributed by atoms with Gasteiger partial charge in [0, 0.05) is 30.6 Å². The third kappa shape index (κ3) is 4.55. The molecule has 158 valence electrons. The minimum absolute atomic E-state index is 0.175. The maximum Gasteiger partial charge on any atom is 0.254 e. The Morgan fingerprint density at radius 2 is 2.00 bits per heavy atom. The minimum Gasteiger partial charge on any atom is -0.494 e. The Kier molecular flexibility index (Phi) is 5.93. The number of methoxy groups -OCH3 is 1. The van der Waals surface area contributed by atoms with Crippen LogP contribution in [0.1, 0.15) is 28.0 Å². The lowest BCUT2D eigenvalue weighted by molar-refractivity contribution is 0.0952. The number of aromatic nitrogens is 3. The Morgan fingerprint density at radius 1 is 1.19 bits per heavy atom. The molecule has 0 bridgehead atoms. The summed E-state index contributed by atoms with van der Waals surface area (Å²) in [4.78, 5) is 16.6. The van der Waals surface area contributed by atoms with Crippen molar-refractivity contribution in [2.45, 2.75) is 19.8 Å². The number of benzene rings is 2. The van der Waals surface area contributed by atoms with Gasteiger partial charge in [-0.1, -0.05) is 36.4 Å². The fourth-order valence-electron chi connectivity index (χ4n) is 3.45. The molecule has 31 heavy (non-hydrogen) atoms. The predicted molar refractivity (Wildman–Crippen MR) is 117 cm³/mol. The Bertz CT molecular complexity index is 1220. The van der Waals surface area contributed by atoms with E-state index in [2.05, 4.69) is 15.4 Å². The normalized spacial score (nSPS) is 10.9. The number of amides is 1. The van der Waals surface area contributed by atoms with Crippen LogP contribution in [0, 0.1) is 12.7 Å². The summed E-state index contributed by atoms with van der Waals surface area (Å²) < 4.78 is 21.1. The summed E-state index contributed by atoms with van der Waals surface area (Å²) in [5, 5.41) is 7.19. The summed E-state index contributed by atoms with van der Waals surface area (Å²) in [5.41, 5.74) is 4.47. The van der Waals surface area contributed by atoms with Crippen LogP contribution in [0.2, 0.25) is 0 Å². The summed E-state index contributed by atoms with van der Waals surface area (Å²) >= 11 is 0. The van der Waals surface area contributed by atoms with E-state index in [9.17, 15) is 9.18 Å². The number of fused-ring (bicyclic) bond motifs is 1. The van der Waals surface area contributed by atoms with Crippen LogP contribution in [-0.4, -0.2) is 34.2 Å². The topological polar surface area (TPSA) is 68.5 Å². The molecule has 6 nitrogen and oxygen atoms in total. The molecule has 0 saturated heterocycles. The van der Waals surface area contributed by atoms with E-state index in [-0.39, 0.29) is 17.5 Å². The highest BCUT2D eigenvalue weighted by atomic mass is 19.1. The second-order valence-corrected chi connectivity index (χ2v) is 7.31. The molecule has 2 aromatic heterocycles. The summed E-state index contributed by atoms with van der Waals surface area (Å²) in [5.74, 6) is -0.306. The zero-order chi connectivity index (χ0) is 21.8. The quantitative estimate of drug-likeness (QED) is 0.457. The van der Waals surface area contributed by atoms with Gasteiger partial charge >= 0.3 is 0 Å². The van der Waals surface area contributed by atoms with Crippen molar-refractivity contribution in [3.8, 4) is 16.9 Å². The molecule has 0 aliphatic heterocycles. The van der Waals surface area contributed by atoms with Crippen LogP contribution in [0.3, 0.4) is 0 Å². The zero-order valence-corrected chi connectivity index (χ0v) is 17.4. The monoisotopic (exact) mass is 418 g/mol. The number of carbonyl (C=O) groups is 1. The molecule has 0 fully saturated rings. The largest absolute Gasteiger partial charge is 0.494 e. The van der Waals surface area contributed by atoms with Gasteiger partial charge in [-0.15, -0.1) is 0 Å². The smallest absolute Gasteiger partial charge is 0.254 e. The average molecular weight is 418 g/mol. The molecule has 4 rings (SSSR count). The maximum absolute atomic E-state index is 14.4. The minimum atomic E-state index is -0.363. The van der Waals surface area contributed by atoms with Crippen molar-refractivity contribution in [2.75, 3.05) is 13.7 Å². The molecule has 2 heterocycles. The van der Waals surface area contributed by atoms with Crippen molar-refractivity contribution in [1.29, 1.82) is 0 Å². The van der Waals surface area contributed by atoms with Crippen molar-refractivity contribution in [3.05, 3.63) is 83.6 Å². The first-order valence-electron chi connectivity index (χ1n) is 10.1. The molecule has 0 aliphatic rings. The standard InChI is InChI=1S/C24H23FN4O2/c1-16-13-22-27-14-19(15-29(22)28-16)24(30)26-12-4-5-17-8-10-18(11-9-17)20-6-3-7-21(31-2)23(20)25/h3,6-11,13-15H,4-5,12H2,1-2H3,(H,26,30). The fourth-order valence-corrected chi connectivity index (χ4v) is 3.45. The van der Waals surface area contributed by atoms with Crippen LogP contribution < -0.4 is 10.1 Å². The van der Waals surface area contributed by atoms with Crippen LogP contribution in [0.4, 0.5) is 4.39 Å². The first kappa shape index (κ1) is 20.5. The summed E-state index contributed by atoms with van der Waals surface area (Å²) in [6.07, 6.45) is 4.83. The number of ether oxygens (including phenoxy) is 1. The molecule has 2 aromatic carbocycles. The van der Waals surface area contributed by atoms with Crippen molar-refractivity contribution in [1.82, 2.24) is 19.9 Å². The van der Waals surface area contributed by atoms with E-state index >= 15 is 0 Å². The van der Waals surface area contributed by atoms with E-state index < -0.39 is 0 Å². The lowest BCUT2D eigenvalue weighted by atomic mass is 10.0. The Morgan fingerprint density at radius 3 is 2.77 bits per heavy atom. The molecule has 0 aliphatic carbocycles. The molecule has 0 saturated carbocycles. The van der Waals surface area contributed by atoms with Crippen LogP contribution in [-0.2, 0) is 6.42 Å². The molecule has 1 N–H and O–H groups in total. The van der Waals surface area contributed by atoms with Crippen LogP contribution in [0.5, 0.6) is 5.75 Å². The number of hydrogen-bond donors (Lipinski definition) is 1. The first-order chi connectivity index (χ1) is 15.0. The third-order valence-corrected chi connectivity index (χ3v) is 5.07. The highest BCUT2D eigenvalue weighted by Gasteiger charge is 2.11. The van der Waals surface area contributed by atoms with Gasteiger partial charge in [-0.2, -0.15) is 5.10 Å². The van der Waals surface area contributed by atoms with Crippen molar-refractivity contribution >= 4 is 11.6 Å². The summed E-state index contributed by atoms with van der Waals surface area (Å²) in [6, 6.07) is 14.7. The maximum atomic E-state index is 14.4. The van der Waals surface area contributed by atoms with Gasteiger partial charge in [-0.25, -0.2) is 13.9 Å². The van der Waals surface area contributed by atoms with Gasteiger partial charge in [0.05, 0.1) is 18.4 Å². The molecule has 1 amide bonds. The Balaban J connectivity index is 1.31. The molecule has 0 spiro atoms. The van der Waals surface area contributed by atoms with Gasteiger partial charge in [0.1, 0.15) is 0 Å². The fraction of sp³-hybridized carbons (Fsp3) is 0.208. The lowest BCUT2D eigenvalue weighted by Gasteiger charge is -2.09. The number of halogens is 1. The van der Waals surface area contributed by atoms with Gasteiger partial charge in [-0.3, -0.25) is 4.79 Å². The molecule has 4 aromatic rings. The first-order valence-corrected chi connectivity index (χ1v) is 10.1. The lowest BCUT2D eigenvalue weighted by Crippen LogP contribution is -2.25. The summed E-state index contributed by atoms with van der Waals surface area (Å²) in [6.45, 7) is 2.43. The molecule has 0 radical (unpaired) electrons. The number of carbonyl (C=O) groups excluding carboxylic acids is 1. The molecular formula is C24H23FN4O2. The second-order valence-electron chi connectivity index (χ2n) is 7.31. The van der Waals surface area contributed by atoms with Gasteiger partial charge in [-0.05, 0) is 37.0 Å². The van der Waals surface area contributed by atoms with E-state index in [1.165, 1.54) is 7.11 Å². The van der Waals surface area contributed by atoms with Crippen molar-refractivity contribution in [3.63, 3.8) is 0 Å². The van der Waals surface area contributed by atoms with E-state index in [0.29, 0.717) is 23.3 Å². The molecule has 0 unspecified atom stereocenters. The molecular weight excluding hydrogens is 395 g/mol. The van der Waals surface area contributed by atoms with Crippen LogP contribution in [0.25, 0.3) is 16.8 Å². The Labute approximate surface area is 179 Å². The van der Waals surface area contributed by atoms with E-state index in [1.54, 1.807) is 35.1 Å². The van der Waals surface area contributed by atoms with E-state index in [1.807, 2.05) is 37.3 Å². The van der Waals surface area contributed by atoms with Crippen LogP contribution >= 0.6 is 0 Å². The van der Waals surface area contributed by atoms with Crippen molar-refractivity contribution in [2.24, 2.45) is 0 Å². The number of rotatable bonds is 7. The van der Waals surface area contributed by atoms with Gasteiger partial charge < -0.3 is 10.1 Å². The van der Waals surface area contributed by atoms with Crippen molar-refractivity contribution < 1.29 is 13.9 Å². The van der Waals surface area contributed by atoms with Gasteiger partial charge in [0.15, 0.2) is 17.2 Å². The van der Waals surface area contributed by atoms with Crippen LogP contribution in [0.15, 0.2) is 60.9 Å². The van der Waals surface area contributed by atoms with E-state index in [0.717, 1.165) is 29.7 Å². The predicted octanol–water partition coefficient (Wildman–Crippen LogP) is 4.22. The average Bonchev–Trinajstić information content (AvgIpc) is 3.16. The highest BCUT2D eigenvalue weighted by molar-refractivity contribution is 5.93. The van der Waals surface area contributed by atoms with E-state index in [4.69, 9.17) is 4.74 Å². The zero-order valence-electron chi connectivity index (χ0n) is 17.4. The number of nitrogens with zero attached hydrogens (tertiary/aromatic N) is 3. The second kappa shape index (κ2) is 8.95. The molecule has 7 heteroatoms. The summed E-state index contributed by atoms with van der Waals surface area (Å²) in [7, 11) is 1.46. The Hall–Kier alpha value is -3.74. The van der Waals surface area contributed by atoms with Gasteiger partial charge in [0.2, 0.25) is 0 Å². The third-order valence-electron chi connectivity index (χ3n) is 5.07. The van der Waals surface area contributed by atoms with Gasteiger partial charge in [0.25, 0.3) is 5.91 Å². The number of hydrogen-bond acceptors (Lipinski definition) is 4. The molecule has 0 atom stereocenters.